The van der Waals surface area contributed by atoms with Gasteiger partial charge in [-0.1, -0.05) is 19.8 Å². The summed E-state index contributed by atoms with van der Waals surface area (Å²) in [5, 5.41) is 0. The second-order valence-electron chi connectivity index (χ2n) is 5.48. The standard InChI is InChI=1S/C14H20N4/c1-2-14(6-3-4-7-14)10-18-12-5-8-16-9-11(12)17-13(18)15/h5,8-9H,2-4,6-7,10H2,1H3,(H2,15,17). The molecule has 0 atom stereocenters. The van der Waals surface area contributed by atoms with Crippen molar-refractivity contribution in [1.29, 1.82) is 0 Å². The van der Waals surface area contributed by atoms with Gasteiger partial charge in [-0.15, -0.1) is 0 Å². The molecule has 1 aliphatic rings. The molecular formula is C14H20N4. The lowest BCUT2D eigenvalue weighted by Gasteiger charge is -2.28. The zero-order valence-electron chi connectivity index (χ0n) is 10.9. The van der Waals surface area contributed by atoms with E-state index in [-0.39, 0.29) is 0 Å². The summed E-state index contributed by atoms with van der Waals surface area (Å²) >= 11 is 0. The van der Waals surface area contributed by atoms with Crippen molar-refractivity contribution in [1.82, 2.24) is 14.5 Å². The highest BCUT2D eigenvalue weighted by Crippen LogP contribution is 2.43. The Labute approximate surface area is 107 Å². The smallest absolute Gasteiger partial charge is 0.201 e. The molecule has 18 heavy (non-hydrogen) atoms. The first kappa shape index (κ1) is 11.5. The van der Waals surface area contributed by atoms with Crippen LogP contribution in [0.3, 0.4) is 0 Å². The van der Waals surface area contributed by atoms with Crippen molar-refractivity contribution in [3.8, 4) is 0 Å². The molecule has 0 amide bonds. The second kappa shape index (κ2) is 4.26. The van der Waals surface area contributed by atoms with Gasteiger partial charge in [0.05, 0.1) is 11.7 Å². The molecule has 0 spiro atoms. The van der Waals surface area contributed by atoms with Crippen LogP contribution in [0.1, 0.15) is 39.0 Å². The van der Waals surface area contributed by atoms with Gasteiger partial charge < -0.3 is 10.3 Å². The fraction of sp³-hybridized carbons (Fsp3) is 0.571. The summed E-state index contributed by atoms with van der Waals surface area (Å²) in [5.74, 6) is 0.623. The van der Waals surface area contributed by atoms with Gasteiger partial charge in [-0.3, -0.25) is 4.98 Å². The normalized spacial score (nSPS) is 18.5. The van der Waals surface area contributed by atoms with Crippen molar-refractivity contribution in [2.75, 3.05) is 5.73 Å². The van der Waals surface area contributed by atoms with Crippen LogP contribution in [0.5, 0.6) is 0 Å². The molecule has 96 valence electrons. The summed E-state index contributed by atoms with van der Waals surface area (Å²) in [7, 11) is 0. The molecule has 1 aliphatic carbocycles. The van der Waals surface area contributed by atoms with E-state index in [9.17, 15) is 0 Å². The monoisotopic (exact) mass is 244 g/mol. The van der Waals surface area contributed by atoms with Gasteiger partial charge >= 0.3 is 0 Å². The third kappa shape index (κ3) is 1.76. The third-order valence-electron chi connectivity index (χ3n) is 4.49. The van der Waals surface area contributed by atoms with E-state index in [4.69, 9.17) is 5.73 Å². The van der Waals surface area contributed by atoms with Gasteiger partial charge in [-0.05, 0) is 30.7 Å². The molecule has 0 bridgehead atoms. The van der Waals surface area contributed by atoms with Crippen LogP contribution in [-0.4, -0.2) is 14.5 Å². The lowest BCUT2D eigenvalue weighted by molar-refractivity contribution is 0.242. The number of nitrogen functional groups attached to an aromatic ring is 1. The Hall–Kier alpha value is -1.58. The lowest BCUT2D eigenvalue weighted by atomic mass is 9.83. The number of nitrogens with two attached hydrogens (primary N) is 1. The Balaban J connectivity index is 2.01. The van der Waals surface area contributed by atoms with Crippen LogP contribution in [-0.2, 0) is 6.54 Å². The molecule has 4 nitrogen and oxygen atoms in total. The van der Waals surface area contributed by atoms with Crippen molar-refractivity contribution in [2.45, 2.75) is 45.6 Å². The summed E-state index contributed by atoms with van der Waals surface area (Å²) in [5.41, 5.74) is 8.51. The van der Waals surface area contributed by atoms with Gasteiger partial charge in [-0.25, -0.2) is 4.98 Å². The fourth-order valence-electron chi connectivity index (χ4n) is 3.25. The average Bonchev–Trinajstić information content (AvgIpc) is 2.97. The molecule has 2 aromatic heterocycles. The summed E-state index contributed by atoms with van der Waals surface area (Å²) in [6.07, 6.45) is 10.1. The first-order valence-corrected chi connectivity index (χ1v) is 6.80. The second-order valence-corrected chi connectivity index (χ2v) is 5.48. The van der Waals surface area contributed by atoms with Crippen LogP contribution in [0.15, 0.2) is 18.5 Å². The highest BCUT2D eigenvalue weighted by atomic mass is 15.2. The Kier molecular flexibility index (Phi) is 2.73. The van der Waals surface area contributed by atoms with Crippen LogP contribution in [0.2, 0.25) is 0 Å². The zero-order chi connectivity index (χ0) is 12.6. The number of anilines is 1. The molecule has 0 saturated heterocycles. The summed E-state index contributed by atoms with van der Waals surface area (Å²) in [6.45, 7) is 3.29. The van der Waals surface area contributed by atoms with E-state index >= 15 is 0 Å². The number of pyridine rings is 1. The predicted molar refractivity (Wildman–Crippen MR) is 73.1 cm³/mol. The minimum atomic E-state index is 0.422. The van der Waals surface area contributed by atoms with Crippen molar-refractivity contribution < 1.29 is 0 Å². The topological polar surface area (TPSA) is 56.7 Å². The van der Waals surface area contributed by atoms with Crippen LogP contribution < -0.4 is 5.73 Å². The van der Waals surface area contributed by atoms with Gasteiger partial charge in [0.2, 0.25) is 5.95 Å². The predicted octanol–water partition coefficient (Wildman–Crippen LogP) is 2.98. The van der Waals surface area contributed by atoms with Crippen LogP contribution >= 0.6 is 0 Å². The van der Waals surface area contributed by atoms with Gasteiger partial charge in [0.15, 0.2) is 0 Å². The number of fused-ring (bicyclic) bond motifs is 1. The molecule has 2 aromatic rings. The van der Waals surface area contributed by atoms with Gasteiger partial charge in [0.1, 0.15) is 5.52 Å². The van der Waals surface area contributed by atoms with Crippen molar-refractivity contribution in [3.63, 3.8) is 0 Å². The first-order valence-electron chi connectivity index (χ1n) is 6.80. The third-order valence-corrected chi connectivity index (χ3v) is 4.49. The SMILES string of the molecule is CCC1(Cn2c(N)nc3cnccc32)CCCC1. The van der Waals surface area contributed by atoms with E-state index in [0.717, 1.165) is 17.6 Å². The highest BCUT2D eigenvalue weighted by molar-refractivity contribution is 5.77. The van der Waals surface area contributed by atoms with Crippen LogP contribution in [0.25, 0.3) is 11.0 Å². The minimum absolute atomic E-state index is 0.422. The molecule has 3 rings (SSSR count). The van der Waals surface area contributed by atoms with E-state index < -0.39 is 0 Å². The average molecular weight is 244 g/mol. The van der Waals surface area contributed by atoms with Gasteiger partial charge in [0, 0.05) is 12.7 Å². The fourth-order valence-corrected chi connectivity index (χ4v) is 3.25. The Morgan fingerprint density at radius 1 is 1.39 bits per heavy atom. The Morgan fingerprint density at radius 3 is 2.89 bits per heavy atom. The van der Waals surface area contributed by atoms with Crippen molar-refractivity contribution in [2.24, 2.45) is 5.41 Å². The number of hydrogen-bond donors (Lipinski definition) is 1. The molecule has 0 aromatic carbocycles. The first-order chi connectivity index (χ1) is 8.74. The van der Waals surface area contributed by atoms with E-state index in [2.05, 4.69) is 21.5 Å². The van der Waals surface area contributed by atoms with E-state index in [1.54, 1.807) is 6.20 Å². The number of aromatic nitrogens is 3. The summed E-state index contributed by atoms with van der Waals surface area (Å²) in [6, 6.07) is 2.01. The van der Waals surface area contributed by atoms with Gasteiger partial charge in [0.25, 0.3) is 0 Å². The molecule has 0 radical (unpaired) electrons. The largest absolute Gasteiger partial charge is 0.369 e. The quantitative estimate of drug-likeness (QED) is 0.903. The lowest BCUT2D eigenvalue weighted by Crippen LogP contribution is -2.23. The molecule has 0 aliphatic heterocycles. The van der Waals surface area contributed by atoms with Crippen molar-refractivity contribution in [3.05, 3.63) is 18.5 Å². The zero-order valence-corrected chi connectivity index (χ0v) is 10.9. The maximum Gasteiger partial charge on any atom is 0.201 e. The Bertz CT molecular complexity index is 552. The van der Waals surface area contributed by atoms with Crippen molar-refractivity contribution >= 4 is 17.0 Å². The summed E-state index contributed by atoms with van der Waals surface area (Å²) < 4.78 is 2.17. The minimum Gasteiger partial charge on any atom is -0.369 e. The van der Waals surface area contributed by atoms with E-state index in [0.29, 0.717) is 11.4 Å². The molecule has 2 heterocycles. The van der Waals surface area contributed by atoms with E-state index in [1.165, 1.54) is 32.1 Å². The maximum atomic E-state index is 6.07. The highest BCUT2D eigenvalue weighted by Gasteiger charge is 2.33. The van der Waals surface area contributed by atoms with E-state index in [1.807, 2.05) is 12.3 Å². The maximum absolute atomic E-state index is 6.07. The molecule has 1 saturated carbocycles. The number of nitrogens with zero attached hydrogens (tertiary/aromatic N) is 3. The van der Waals surface area contributed by atoms with Gasteiger partial charge in [-0.2, -0.15) is 0 Å². The number of hydrogen-bond acceptors (Lipinski definition) is 3. The van der Waals surface area contributed by atoms with Crippen LogP contribution in [0, 0.1) is 5.41 Å². The van der Waals surface area contributed by atoms with Crippen LogP contribution in [0.4, 0.5) is 5.95 Å². The Morgan fingerprint density at radius 2 is 2.17 bits per heavy atom. The number of imidazole rings is 1. The number of rotatable bonds is 3. The summed E-state index contributed by atoms with van der Waals surface area (Å²) in [4.78, 5) is 8.50. The molecule has 1 fully saturated rings. The molecular weight excluding hydrogens is 224 g/mol. The molecule has 2 N–H and O–H groups in total. The molecule has 0 unspecified atom stereocenters. The molecule has 4 heteroatoms.